The Hall–Kier alpha value is -2.49. The van der Waals surface area contributed by atoms with E-state index >= 15 is 0 Å². The lowest BCUT2D eigenvalue weighted by Crippen LogP contribution is -2.17. The van der Waals surface area contributed by atoms with Crippen LogP contribution in [0.1, 0.15) is 51.2 Å². The largest absolute Gasteiger partial charge is 0.486 e. The number of amides is 1. The van der Waals surface area contributed by atoms with E-state index < -0.39 is 0 Å². The number of fused-ring (bicyclic) bond motifs is 1. The summed E-state index contributed by atoms with van der Waals surface area (Å²) in [5.74, 6) is 1.55. The maximum atomic E-state index is 12.4. The number of anilines is 1. The van der Waals surface area contributed by atoms with Crippen molar-refractivity contribution >= 4 is 11.6 Å². The number of benzene rings is 2. The van der Waals surface area contributed by atoms with Crippen molar-refractivity contribution in [3.8, 4) is 11.5 Å². The van der Waals surface area contributed by atoms with Gasteiger partial charge in [-0.1, -0.05) is 52.0 Å². The second-order valence-electron chi connectivity index (χ2n) is 7.88. The van der Waals surface area contributed by atoms with E-state index in [1.807, 2.05) is 18.2 Å². The Morgan fingerprint density at radius 3 is 2.35 bits per heavy atom. The van der Waals surface area contributed by atoms with Crippen LogP contribution in [0.2, 0.25) is 0 Å². The van der Waals surface area contributed by atoms with Crippen LogP contribution in [-0.4, -0.2) is 19.1 Å². The molecule has 0 saturated heterocycles. The second kappa shape index (κ2) is 7.40. The number of carbonyl (C=O) groups excluding carboxylic acids is 1. The van der Waals surface area contributed by atoms with Crippen LogP contribution in [0.25, 0.3) is 0 Å². The normalized spacial score (nSPS) is 14.6. The smallest absolute Gasteiger partial charge is 0.224 e. The summed E-state index contributed by atoms with van der Waals surface area (Å²) in [4.78, 5) is 12.4. The summed E-state index contributed by atoms with van der Waals surface area (Å²) in [5.41, 5.74) is 3.34. The summed E-state index contributed by atoms with van der Waals surface area (Å²) >= 11 is 0. The van der Waals surface area contributed by atoms with Crippen LogP contribution >= 0.6 is 0 Å². The Morgan fingerprint density at radius 2 is 1.69 bits per heavy atom. The Kier molecular flexibility index (Phi) is 5.21. The van der Waals surface area contributed by atoms with E-state index in [-0.39, 0.29) is 17.2 Å². The maximum Gasteiger partial charge on any atom is 0.224 e. The molecule has 1 aliphatic heterocycles. The predicted molar refractivity (Wildman–Crippen MR) is 104 cm³/mol. The van der Waals surface area contributed by atoms with Crippen molar-refractivity contribution < 1.29 is 14.3 Å². The van der Waals surface area contributed by atoms with Crippen molar-refractivity contribution in [1.82, 2.24) is 0 Å². The van der Waals surface area contributed by atoms with Gasteiger partial charge < -0.3 is 14.8 Å². The first kappa shape index (κ1) is 18.3. The summed E-state index contributed by atoms with van der Waals surface area (Å²) in [6.07, 6.45) is 0.434. The Labute approximate surface area is 155 Å². The first-order valence-electron chi connectivity index (χ1n) is 9.13. The lowest BCUT2D eigenvalue weighted by atomic mass is 9.85. The number of rotatable bonds is 4. The molecule has 4 heteroatoms. The zero-order valence-corrected chi connectivity index (χ0v) is 16.0. The molecule has 1 unspecified atom stereocenters. The lowest BCUT2D eigenvalue weighted by molar-refractivity contribution is -0.116. The molecule has 0 aliphatic carbocycles. The zero-order chi connectivity index (χ0) is 18.7. The average molecular weight is 353 g/mol. The fourth-order valence-electron chi connectivity index (χ4n) is 3.04. The van der Waals surface area contributed by atoms with Crippen LogP contribution in [0.15, 0.2) is 42.5 Å². The van der Waals surface area contributed by atoms with Gasteiger partial charge in [-0.2, -0.15) is 0 Å². The predicted octanol–water partition coefficient (Wildman–Crippen LogP) is 4.89. The molecule has 1 N–H and O–H groups in total. The van der Waals surface area contributed by atoms with Gasteiger partial charge in [0.1, 0.15) is 13.2 Å². The molecular formula is C22H27NO3. The van der Waals surface area contributed by atoms with E-state index in [2.05, 4.69) is 57.3 Å². The maximum absolute atomic E-state index is 12.4. The molecular weight excluding hydrogens is 326 g/mol. The van der Waals surface area contributed by atoms with Gasteiger partial charge in [-0.15, -0.1) is 0 Å². The third kappa shape index (κ3) is 4.37. The topological polar surface area (TPSA) is 47.6 Å². The third-order valence-corrected chi connectivity index (χ3v) is 4.66. The summed E-state index contributed by atoms with van der Waals surface area (Å²) in [7, 11) is 0. The van der Waals surface area contributed by atoms with Gasteiger partial charge >= 0.3 is 0 Å². The molecule has 0 aromatic heterocycles. The molecule has 2 aromatic carbocycles. The summed E-state index contributed by atoms with van der Waals surface area (Å²) in [6, 6.07) is 14.1. The van der Waals surface area contributed by atoms with Crippen molar-refractivity contribution in [2.75, 3.05) is 18.5 Å². The van der Waals surface area contributed by atoms with E-state index in [0.29, 0.717) is 25.4 Å². The van der Waals surface area contributed by atoms with Gasteiger partial charge in [-0.3, -0.25) is 4.79 Å². The number of carbonyl (C=O) groups is 1. The van der Waals surface area contributed by atoms with Gasteiger partial charge in [0.2, 0.25) is 5.91 Å². The SMILES string of the molecule is CC(CC(=O)Nc1ccc2c(c1)OCCO2)c1ccc(C(C)(C)C)cc1. The van der Waals surface area contributed by atoms with Crippen LogP contribution in [0.4, 0.5) is 5.69 Å². The number of hydrogen-bond donors (Lipinski definition) is 1. The highest BCUT2D eigenvalue weighted by Gasteiger charge is 2.17. The Bertz CT molecular complexity index is 775. The number of hydrogen-bond acceptors (Lipinski definition) is 3. The van der Waals surface area contributed by atoms with Gasteiger partial charge in [0.05, 0.1) is 0 Å². The first-order valence-corrected chi connectivity index (χ1v) is 9.13. The fraction of sp³-hybridized carbons (Fsp3) is 0.409. The minimum absolute atomic E-state index is 0.00549. The van der Waals surface area contributed by atoms with E-state index in [1.165, 1.54) is 11.1 Å². The molecule has 0 spiro atoms. The molecule has 4 nitrogen and oxygen atoms in total. The van der Waals surface area contributed by atoms with E-state index in [9.17, 15) is 4.79 Å². The standard InChI is InChI=1S/C22H27NO3/c1-15(16-5-7-17(8-6-16)22(2,3)4)13-21(24)23-18-9-10-19-20(14-18)26-12-11-25-19/h5-10,14-15H,11-13H2,1-4H3,(H,23,24). The highest BCUT2D eigenvalue weighted by molar-refractivity contribution is 5.91. The monoisotopic (exact) mass is 353 g/mol. The Morgan fingerprint density at radius 1 is 1.04 bits per heavy atom. The van der Waals surface area contributed by atoms with Crippen LogP contribution in [0.3, 0.4) is 0 Å². The van der Waals surface area contributed by atoms with Crippen LogP contribution in [-0.2, 0) is 10.2 Å². The minimum atomic E-state index is -0.00549. The molecule has 138 valence electrons. The number of ether oxygens (including phenoxy) is 2. The van der Waals surface area contributed by atoms with Gasteiger partial charge in [-0.05, 0) is 34.6 Å². The summed E-state index contributed by atoms with van der Waals surface area (Å²) in [5, 5.41) is 2.95. The lowest BCUT2D eigenvalue weighted by Gasteiger charge is -2.20. The van der Waals surface area contributed by atoms with E-state index in [1.54, 1.807) is 0 Å². The van der Waals surface area contributed by atoms with Crippen molar-refractivity contribution in [3.63, 3.8) is 0 Å². The zero-order valence-electron chi connectivity index (χ0n) is 16.0. The summed E-state index contributed by atoms with van der Waals surface area (Å²) in [6.45, 7) is 9.77. The van der Waals surface area contributed by atoms with Crippen LogP contribution in [0, 0.1) is 0 Å². The molecule has 1 amide bonds. The molecule has 1 heterocycles. The average Bonchev–Trinajstić information content (AvgIpc) is 2.61. The molecule has 0 radical (unpaired) electrons. The number of nitrogens with one attached hydrogen (secondary N) is 1. The highest BCUT2D eigenvalue weighted by Crippen LogP contribution is 2.33. The molecule has 1 aliphatic rings. The molecule has 3 rings (SSSR count). The molecule has 0 bridgehead atoms. The molecule has 1 atom stereocenters. The summed E-state index contributed by atoms with van der Waals surface area (Å²) < 4.78 is 11.1. The van der Waals surface area contributed by atoms with Crippen molar-refractivity contribution in [2.24, 2.45) is 0 Å². The second-order valence-corrected chi connectivity index (χ2v) is 7.88. The van der Waals surface area contributed by atoms with Gasteiger partial charge in [0.25, 0.3) is 0 Å². The molecule has 0 saturated carbocycles. The Balaban J connectivity index is 1.61. The third-order valence-electron chi connectivity index (χ3n) is 4.66. The van der Waals surface area contributed by atoms with Crippen LogP contribution < -0.4 is 14.8 Å². The minimum Gasteiger partial charge on any atom is -0.486 e. The van der Waals surface area contributed by atoms with Gasteiger partial charge in [0.15, 0.2) is 11.5 Å². The fourth-order valence-corrected chi connectivity index (χ4v) is 3.04. The van der Waals surface area contributed by atoms with Gasteiger partial charge in [0, 0.05) is 18.2 Å². The van der Waals surface area contributed by atoms with Crippen LogP contribution in [0.5, 0.6) is 11.5 Å². The first-order chi connectivity index (χ1) is 12.3. The van der Waals surface area contributed by atoms with Crippen molar-refractivity contribution in [3.05, 3.63) is 53.6 Å². The van der Waals surface area contributed by atoms with Crippen molar-refractivity contribution in [1.29, 1.82) is 0 Å². The van der Waals surface area contributed by atoms with E-state index in [0.717, 1.165) is 11.4 Å². The van der Waals surface area contributed by atoms with Gasteiger partial charge in [-0.25, -0.2) is 0 Å². The molecule has 26 heavy (non-hydrogen) atoms. The highest BCUT2D eigenvalue weighted by atomic mass is 16.6. The molecule has 0 fully saturated rings. The van der Waals surface area contributed by atoms with E-state index in [4.69, 9.17) is 9.47 Å². The van der Waals surface area contributed by atoms with Crippen molar-refractivity contribution in [2.45, 2.75) is 45.4 Å². The quantitative estimate of drug-likeness (QED) is 0.851. The molecule has 2 aromatic rings.